The monoisotopic (exact) mass is 477 g/mol. The Labute approximate surface area is 200 Å². The smallest absolute Gasteiger partial charge is 0.234 e. The van der Waals surface area contributed by atoms with Crippen molar-refractivity contribution in [2.75, 3.05) is 32.4 Å². The number of nitrogens with zero attached hydrogens (tertiary/aromatic N) is 4. The van der Waals surface area contributed by atoms with Crippen LogP contribution in [0.1, 0.15) is 5.56 Å². The molecule has 2 heterocycles. The number of nitrogens with one attached hydrogen (secondary N) is 1. The van der Waals surface area contributed by atoms with E-state index in [4.69, 9.17) is 14.2 Å². The zero-order chi connectivity index (χ0) is 24.1. The molecular weight excluding hydrogens is 454 g/mol. The van der Waals surface area contributed by atoms with Gasteiger partial charge in [0.25, 0.3) is 0 Å². The van der Waals surface area contributed by atoms with Crippen molar-refractivity contribution in [2.45, 2.75) is 11.9 Å². The number of carbonyl (C=O) groups is 1. The number of anilines is 1. The standard InChI is InChI=1S/C24H23N5O4S/c1-14-5-7-15(8-6-14)22-25-11-17-23(29-22)26-13-27-24(17)34-12-20(30)28-16-9-18(31-2)21(33-4)19(10-16)32-3/h5-11,13H,12H2,1-4H3,(H,28,30). The Bertz CT molecular complexity index is 1310. The van der Waals surface area contributed by atoms with Crippen molar-refractivity contribution < 1.29 is 19.0 Å². The van der Waals surface area contributed by atoms with Crippen LogP contribution in [0, 0.1) is 6.92 Å². The number of thioether (sulfide) groups is 1. The number of amides is 1. The van der Waals surface area contributed by atoms with Gasteiger partial charge in [0, 0.05) is 29.6 Å². The third-order valence-corrected chi connectivity index (χ3v) is 5.96. The van der Waals surface area contributed by atoms with Crippen molar-refractivity contribution in [3.05, 3.63) is 54.5 Å². The van der Waals surface area contributed by atoms with Crippen molar-refractivity contribution in [1.82, 2.24) is 19.9 Å². The second-order valence-corrected chi connectivity index (χ2v) is 8.19. The van der Waals surface area contributed by atoms with E-state index in [-0.39, 0.29) is 11.7 Å². The lowest BCUT2D eigenvalue weighted by molar-refractivity contribution is -0.113. The summed E-state index contributed by atoms with van der Waals surface area (Å²) in [5.74, 6) is 1.85. The van der Waals surface area contributed by atoms with Gasteiger partial charge in [-0.2, -0.15) is 0 Å². The number of benzene rings is 2. The number of fused-ring (bicyclic) bond motifs is 1. The predicted molar refractivity (Wildman–Crippen MR) is 131 cm³/mol. The normalized spacial score (nSPS) is 10.7. The summed E-state index contributed by atoms with van der Waals surface area (Å²) in [5, 5.41) is 4.16. The highest BCUT2D eigenvalue weighted by Gasteiger charge is 2.16. The predicted octanol–water partition coefficient (Wildman–Crippen LogP) is 4.15. The molecule has 0 spiro atoms. The van der Waals surface area contributed by atoms with Crippen LogP contribution >= 0.6 is 11.8 Å². The van der Waals surface area contributed by atoms with E-state index in [1.807, 2.05) is 31.2 Å². The van der Waals surface area contributed by atoms with Crippen LogP contribution in [0.2, 0.25) is 0 Å². The summed E-state index contributed by atoms with van der Waals surface area (Å²) in [4.78, 5) is 30.3. The van der Waals surface area contributed by atoms with Crippen LogP contribution in [0.25, 0.3) is 22.4 Å². The van der Waals surface area contributed by atoms with Crippen molar-refractivity contribution in [3.63, 3.8) is 0 Å². The summed E-state index contributed by atoms with van der Waals surface area (Å²) in [6.07, 6.45) is 3.13. The average molecular weight is 478 g/mol. The van der Waals surface area contributed by atoms with Crippen LogP contribution in [0.5, 0.6) is 17.2 Å². The van der Waals surface area contributed by atoms with Gasteiger partial charge in [0.1, 0.15) is 11.4 Å². The summed E-state index contributed by atoms with van der Waals surface area (Å²) in [7, 11) is 4.56. The third kappa shape index (κ3) is 5.01. The van der Waals surface area contributed by atoms with Crippen molar-refractivity contribution in [3.8, 4) is 28.6 Å². The van der Waals surface area contributed by atoms with Crippen LogP contribution in [0.15, 0.2) is 53.9 Å². The topological polar surface area (TPSA) is 108 Å². The van der Waals surface area contributed by atoms with Crippen LogP contribution < -0.4 is 19.5 Å². The molecule has 4 rings (SSSR count). The summed E-state index contributed by atoms with van der Waals surface area (Å²) >= 11 is 1.28. The van der Waals surface area contributed by atoms with Gasteiger partial charge in [0.05, 0.1) is 32.5 Å². The molecular formula is C24H23N5O4S. The zero-order valence-electron chi connectivity index (χ0n) is 19.2. The minimum Gasteiger partial charge on any atom is -0.493 e. The van der Waals surface area contributed by atoms with E-state index < -0.39 is 0 Å². The van der Waals surface area contributed by atoms with Crippen LogP contribution in [0.3, 0.4) is 0 Å². The van der Waals surface area contributed by atoms with E-state index in [1.165, 1.54) is 39.4 Å². The molecule has 0 saturated heterocycles. The van der Waals surface area contributed by atoms with E-state index in [2.05, 4.69) is 25.3 Å². The fourth-order valence-electron chi connectivity index (χ4n) is 3.27. The first kappa shape index (κ1) is 23.2. The van der Waals surface area contributed by atoms with Crippen molar-refractivity contribution >= 4 is 34.4 Å². The lowest BCUT2D eigenvalue weighted by Gasteiger charge is -2.14. The van der Waals surface area contributed by atoms with Crippen molar-refractivity contribution in [2.24, 2.45) is 0 Å². The van der Waals surface area contributed by atoms with E-state index in [1.54, 1.807) is 18.3 Å². The second kappa shape index (κ2) is 10.3. The number of rotatable bonds is 8. The number of aromatic nitrogens is 4. The van der Waals surface area contributed by atoms with Gasteiger partial charge in [0.2, 0.25) is 11.7 Å². The molecule has 10 heteroatoms. The quantitative estimate of drug-likeness (QED) is 0.296. The fourth-order valence-corrected chi connectivity index (χ4v) is 4.03. The Morgan fingerprint density at radius 2 is 1.68 bits per heavy atom. The van der Waals surface area contributed by atoms with Gasteiger partial charge in [-0.25, -0.2) is 19.9 Å². The van der Waals surface area contributed by atoms with E-state index in [0.717, 1.165) is 11.1 Å². The molecule has 0 radical (unpaired) electrons. The van der Waals surface area contributed by atoms with Crippen LogP contribution in [-0.2, 0) is 4.79 Å². The van der Waals surface area contributed by atoms with Gasteiger partial charge in [-0.05, 0) is 6.92 Å². The van der Waals surface area contributed by atoms with Crippen molar-refractivity contribution in [1.29, 1.82) is 0 Å². The summed E-state index contributed by atoms with van der Waals surface area (Å²) in [6, 6.07) is 11.3. The first-order chi connectivity index (χ1) is 16.5. The Morgan fingerprint density at radius 3 is 2.32 bits per heavy atom. The molecule has 0 aliphatic carbocycles. The molecule has 0 bridgehead atoms. The molecule has 0 saturated carbocycles. The number of hydrogen-bond acceptors (Lipinski definition) is 9. The number of hydrogen-bond donors (Lipinski definition) is 1. The molecule has 0 unspecified atom stereocenters. The lowest BCUT2D eigenvalue weighted by atomic mass is 10.1. The molecule has 0 aliphatic rings. The van der Waals surface area contributed by atoms with E-state index in [0.29, 0.717) is 44.8 Å². The Hall–Kier alpha value is -3.92. The average Bonchev–Trinajstić information content (AvgIpc) is 2.86. The van der Waals surface area contributed by atoms with Gasteiger partial charge in [-0.15, -0.1) is 0 Å². The van der Waals surface area contributed by atoms with Gasteiger partial charge < -0.3 is 19.5 Å². The lowest BCUT2D eigenvalue weighted by Crippen LogP contribution is -2.14. The molecule has 1 N–H and O–H groups in total. The summed E-state index contributed by atoms with van der Waals surface area (Å²) in [5.41, 5.74) is 3.12. The van der Waals surface area contributed by atoms with Gasteiger partial charge >= 0.3 is 0 Å². The molecule has 0 aliphatic heterocycles. The first-order valence-electron chi connectivity index (χ1n) is 10.3. The summed E-state index contributed by atoms with van der Waals surface area (Å²) < 4.78 is 16.0. The third-order valence-electron chi connectivity index (χ3n) is 4.95. The molecule has 2 aromatic heterocycles. The highest BCUT2D eigenvalue weighted by Crippen LogP contribution is 2.40. The first-order valence-corrected chi connectivity index (χ1v) is 11.3. The van der Waals surface area contributed by atoms with Crippen LogP contribution in [-0.4, -0.2) is 52.9 Å². The van der Waals surface area contributed by atoms with Gasteiger partial charge in [0.15, 0.2) is 23.0 Å². The Balaban J connectivity index is 1.49. The number of carbonyl (C=O) groups excluding carboxylic acids is 1. The van der Waals surface area contributed by atoms with E-state index >= 15 is 0 Å². The molecule has 0 atom stereocenters. The SMILES string of the molecule is COc1cc(NC(=O)CSc2ncnc3nc(-c4ccc(C)cc4)ncc23)cc(OC)c1OC. The van der Waals surface area contributed by atoms with E-state index in [9.17, 15) is 4.79 Å². The second-order valence-electron chi connectivity index (χ2n) is 7.23. The maximum absolute atomic E-state index is 12.6. The van der Waals surface area contributed by atoms with Gasteiger partial charge in [-0.3, -0.25) is 4.79 Å². The number of ether oxygens (including phenoxy) is 3. The maximum atomic E-state index is 12.6. The fraction of sp³-hybridized carbons (Fsp3) is 0.208. The molecule has 34 heavy (non-hydrogen) atoms. The molecule has 9 nitrogen and oxygen atoms in total. The molecule has 174 valence electrons. The number of aryl methyl sites for hydroxylation is 1. The molecule has 1 amide bonds. The van der Waals surface area contributed by atoms with Crippen LogP contribution in [0.4, 0.5) is 5.69 Å². The highest BCUT2D eigenvalue weighted by atomic mass is 32.2. The van der Waals surface area contributed by atoms with Gasteiger partial charge in [-0.1, -0.05) is 41.6 Å². The highest BCUT2D eigenvalue weighted by molar-refractivity contribution is 8.00. The number of methoxy groups -OCH3 is 3. The summed E-state index contributed by atoms with van der Waals surface area (Å²) in [6.45, 7) is 2.03. The molecule has 2 aromatic carbocycles. The minimum atomic E-state index is -0.219. The largest absolute Gasteiger partial charge is 0.493 e. The molecule has 0 fully saturated rings. The zero-order valence-corrected chi connectivity index (χ0v) is 20.0. The maximum Gasteiger partial charge on any atom is 0.234 e. The Kier molecular flexibility index (Phi) is 7.07. The Morgan fingerprint density at radius 1 is 0.971 bits per heavy atom. The minimum absolute atomic E-state index is 0.127. The molecule has 4 aromatic rings.